The van der Waals surface area contributed by atoms with Gasteiger partial charge < -0.3 is 24.7 Å². The van der Waals surface area contributed by atoms with Crippen molar-refractivity contribution in [3.63, 3.8) is 0 Å². The zero-order valence-electron chi connectivity index (χ0n) is 19.9. The molecule has 2 fully saturated rings. The summed E-state index contributed by atoms with van der Waals surface area (Å²) in [6, 6.07) is 5.77. The van der Waals surface area contributed by atoms with Crippen molar-refractivity contribution in [2.45, 2.75) is 52.2 Å². The van der Waals surface area contributed by atoms with Crippen LogP contribution in [0.5, 0.6) is 0 Å². The zero-order valence-corrected chi connectivity index (χ0v) is 19.9. The molecule has 2 aliphatic heterocycles. The predicted octanol–water partition coefficient (Wildman–Crippen LogP) is 3.37. The van der Waals surface area contributed by atoms with E-state index in [4.69, 9.17) is 9.47 Å². The van der Waals surface area contributed by atoms with E-state index < -0.39 is 5.60 Å². The number of H-pyrrole nitrogens is 1. The Kier molecular flexibility index (Phi) is 7.19. The van der Waals surface area contributed by atoms with Gasteiger partial charge in [0.1, 0.15) is 11.4 Å². The number of hydrogen-bond acceptors (Lipinski definition) is 6. The first kappa shape index (κ1) is 23.5. The van der Waals surface area contributed by atoms with Crippen LogP contribution in [0.25, 0.3) is 11.0 Å². The number of nitrogens with one attached hydrogen (secondary N) is 2. The topological polar surface area (TPSA) is 99.8 Å². The molecular weight excluding hydrogens is 422 g/mol. The van der Waals surface area contributed by atoms with Crippen LogP contribution < -0.4 is 5.32 Å². The van der Waals surface area contributed by atoms with Crippen LogP contribution in [0.1, 0.15) is 45.9 Å². The van der Waals surface area contributed by atoms with Gasteiger partial charge in [0.25, 0.3) is 0 Å². The third kappa shape index (κ3) is 6.68. The summed E-state index contributed by atoms with van der Waals surface area (Å²) in [7, 11) is 0. The maximum Gasteiger partial charge on any atom is 0.410 e. The van der Waals surface area contributed by atoms with Gasteiger partial charge in [-0.25, -0.2) is 9.78 Å². The average Bonchev–Trinajstić information content (AvgIpc) is 3.15. The summed E-state index contributed by atoms with van der Waals surface area (Å²) in [5, 5.41) is 3.02. The van der Waals surface area contributed by atoms with Gasteiger partial charge in [0.2, 0.25) is 5.91 Å². The molecule has 2 saturated heterocycles. The molecule has 0 atom stereocenters. The van der Waals surface area contributed by atoms with Gasteiger partial charge in [-0.3, -0.25) is 9.69 Å². The molecule has 0 unspecified atom stereocenters. The van der Waals surface area contributed by atoms with Crippen molar-refractivity contribution >= 4 is 28.7 Å². The molecule has 0 radical (unpaired) electrons. The molecule has 4 rings (SSSR count). The fourth-order valence-electron chi connectivity index (χ4n) is 4.31. The molecule has 1 aromatic heterocycles. The van der Waals surface area contributed by atoms with E-state index in [-0.39, 0.29) is 17.9 Å². The van der Waals surface area contributed by atoms with Crippen LogP contribution in [0.2, 0.25) is 0 Å². The first-order chi connectivity index (χ1) is 15.7. The monoisotopic (exact) mass is 457 g/mol. The molecular formula is C24H35N5O4. The van der Waals surface area contributed by atoms with E-state index in [1.54, 1.807) is 4.90 Å². The van der Waals surface area contributed by atoms with Crippen molar-refractivity contribution in [2.75, 3.05) is 44.7 Å². The van der Waals surface area contributed by atoms with Gasteiger partial charge in [0.05, 0.1) is 30.8 Å². The Hall–Kier alpha value is -2.65. The number of fused-ring (bicyclic) bond motifs is 1. The molecule has 3 heterocycles. The molecule has 180 valence electrons. The molecule has 2 amide bonds. The lowest BCUT2D eigenvalue weighted by molar-refractivity contribution is -0.117. The highest BCUT2D eigenvalue weighted by atomic mass is 16.6. The SMILES string of the molecule is CC(C)(C)OC(=O)N1CCC(CC(=O)Nc2ccc3nc(CN4CCOCC4)[nH]c3c2)CC1. The largest absolute Gasteiger partial charge is 0.444 e. The van der Waals surface area contributed by atoms with Gasteiger partial charge >= 0.3 is 6.09 Å². The van der Waals surface area contributed by atoms with Gasteiger partial charge in [-0.05, 0) is 57.7 Å². The van der Waals surface area contributed by atoms with Gasteiger partial charge in [0, 0.05) is 38.3 Å². The Bertz CT molecular complexity index is 969. The Balaban J connectivity index is 1.26. The molecule has 9 heteroatoms. The molecule has 2 N–H and O–H groups in total. The van der Waals surface area contributed by atoms with Gasteiger partial charge in [-0.2, -0.15) is 0 Å². The number of benzene rings is 1. The molecule has 2 aliphatic rings. The summed E-state index contributed by atoms with van der Waals surface area (Å²) in [5.74, 6) is 1.19. The van der Waals surface area contributed by atoms with Gasteiger partial charge in [-0.15, -0.1) is 0 Å². The van der Waals surface area contributed by atoms with Crippen molar-refractivity contribution in [2.24, 2.45) is 5.92 Å². The Morgan fingerprint density at radius 3 is 2.61 bits per heavy atom. The van der Waals surface area contributed by atoms with Gasteiger partial charge in [0.15, 0.2) is 0 Å². The van der Waals surface area contributed by atoms with Crippen LogP contribution in [-0.4, -0.2) is 76.8 Å². The summed E-state index contributed by atoms with van der Waals surface area (Å²) < 4.78 is 10.8. The number of ether oxygens (including phenoxy) is 2. The third-order valence-electron chi connectivity index (χ3n) is 6.03. The predicted molar refractivity (Wildman–Crippen MR) is 126 cm³/mol. The minimum atomic E-state index is -0.493. The summed E-state index contributed by atoms with van der Waals surface area (Å²) in [4.78, 5) is 36.9. The van der Waals surface area contributed by atoms with Crippen molar-refractivity contribution in [3.8, 4) is 0 Å². The fourth-order valence-corrected chi connectivity index (χ4v) is 4.31. The number of carbonyl (C=O) groups excluding carboxylic acids is 2. The second kappa shape index (κ2) is 10.1. The summed E-state index contributed by atoms with van der Waals surface area (Å²) in [6.45, 7) is 11.0. The summed E-state index contributed by atoms with van der Waals surface area (Å²) >= 11 is 0. The van der Waals surface area contributed by atoms with Crippen molar-refractivity contribution in [3.05, 3.63) is 24.0 Å². The van der Waals surface area contributed by atoms with Crippen LogP contribution >= 0.6 is 0 Å². The second-order valence-electron chi connectivity index (χ2n) is 9.97. The molecule has 0 bridgehead atoms. The van der Waals surface area contributed by atoms with E-state index in [0.717, 1.165) is 68.2 Å². The maximum atomic E-state index is 12.6. The number of amides is 2. The number of piperidine rings is 1. The van der Waals surface area contributed by atoms with Crippen molar-refractivity contribution in [1.82, 2.24) is 19.8 Å². The van der Waals surface area contributed by atoms with Gasteiger partial charge in [-0.1, -0.05) is 0 Å². The minimum absolute atomic E-state index is 0.00174. The minimum Gasteiger partial charge on any atom is -0.444 e. The molecule has 0 saturated carbocycles. The van der Waals surface area contributed by atoms with Crippen LogP contribution in [-0.2, 0) is 20.8 Å². The standard InChI is InChI=1S/C24H35N5O4/c1-24(2,3)33-23(31)29-8-6-17(7-9-29)14-22(30)25-18-4-5-19-20(15-18)27-21(26-19)16-28-10-12-32-13-11-28/h4-5,15,17H,6-14,16H2,1-3H3,(H,25,30)(H,26,27). The number of anilines is 1. The molecule has 2 aromatic rings. The third-order valence-corrected chi connectivity index (χ3v) is 6.03. The maximum absolute atomic E-state index is 12.6. The quantitative estimate of drug-likeness (QED) is 0.714. The van der Waals surface area contributed by atoms with E-state index in [1.807, 2.05) is 39.0 Å². The number of likely N-dealkylation sites (tertiary alicyclic amines) is 1. The van der Waals surface area contributed by atoms with Crippen LogP contribution in [0.3, 0.4) is 0 Å². The summed E-state index contributed by atoms with van der Waals surface area (Å²) in [6.07, 6.45) is 1.78. The second-order valence-corrected chi connectivity index (χ2v) is 9.97. The normalized spacial score (nSPS) is 18.5. The fraction of sp³-hybridized carbons (Fsp3) is 0.625. The molecule has 0 spiro atoms. The van der Waals surface area contributed by atoms with Crippen LogP contribution in [0, 0.1) is 5.92 Å². The van der Waals surface area contributed by atoms with E-state index >= 15 is 0 Å². The summed E-state index contributed by atoms with van der Waals surface area (Å²) in [5.41, 5.74) is 2.08. The lowest BCUT2D eigenvalue weighted by Gasteiger charge is -2.33. The van der Waals surface area contributed by atoms with Crippen LogP contribution in [0.4, 0.5) is 10.5 Å². The van der Waals surface area contributed by atoms with E-state index in [1.165, 1.54) is 0 Å². The number of rotatable bonds is 5. The number of aromatic amines is 1. The zero-order chi connectivity index (χ0) is 23.4. The van der Waals surface area contributed by atoms with E-state index in [2.05, 4.69) is 20.2 Å². The lowest BCUT2D eigenvalue weighted by Crippen LogP contribution is -2.42. The number of hydrogen-bond donors (Lipinski definition) is 2. The number of nitrogens with zero attached hydrogens (tertiary/aromatic N) is 3. The van der Waals surface area contributed by atoms with Crippen molar-refractivity contribution < 1.29 is 19.1 Å². The highest BCUT2D eigenvalue weighted by molar-refractivity contribution is 5.93. The Morgan fingerprint density at radius 1 is 1.18 bits per heavy atom. The van der Waals surface area contributed by atoms with E-state index in [0.29, 0.717) is 19.5 Å². The highest BCUT2D eigenvalue weighted by Crippen LogP contribution is 2.24. The number of carbonyl (C=O) groups is 2. The molecule has 0 aliphatic carbocycles. The highest BCUT2D eigenvalue weighted by Gasteiger charge is 2.27. The smallest absolute Gasteiger partial charge is 0.410 e. The first-order valence-electron chi connectivity index (χ1n) is 11.8. The lowest BCUT2D eigenvalue weighted by atomic mass is 9.93. The van der Waals surface area contributed by atoms with Crippen LogP contribution in [0.15, 0.2) is 18.2 Å². The Labute approximate surface area is 194 Å². The Morgan fingerprint density at radius 2 is 1.91 bits per heavy atom. The number of morpholine rings is 1. The number of aromatic nitrogens is 2. The van der Waals surface area contributed by atoms with Crippen molar-refractivity contribution in [1.29, 1.82) is 0 Å². The average molecular weight is 458 g/mol. The van der Waals surface area contributed by atoms with E-state index in [9.17, 15) is 9.59 Å². The molecule has 33 heavy (non-hydrogen) atoms. The molecule has 9 nitrogen and oxygen atoms in total. The first-order valence-corrected chi connectivity index (χ1v) is 11.8. The molecule has 1 aromatic carbocycles. The number of imidazole rings is 1.